The first-order valence-electron chi connectivity index (χ1n) is 9.52. The maximum Gasteiger partial charge on any atom is 0.433 e. The van der Waals surface area contributed by atoms with Gasteiger partial charge in [-0.1, -0.05) is 6.07 Å². The Hall–Kier alpha value is -3.27. The highest BCUT2D eigenvalue weighted by Crippen LogP contribution is 2.34. The van der Waals surface area contributed by atoms with Crippen molar-refractivity contribution in [3.8, 4) is 10.4 Å². The first-order valence-corrected chi connectivity index (χ1v) is 10.3. The van der Waals surface area contributed by atoms with Gasteiger partial charge in [-0.15, -0.1) is 11.3 Å². The molecule has 160 valence electrons. The molecule has 1 amide bonds. The smallest absolute Gasteiger partial charge is 0.353 e. The maximum atomic E-state index is 12.9. The molecule has 0 spiro atoms. The minimum absolute atomic E-state index is 0.118. The summed E-state index contributed by atoms with van der Waals surface area (Å²) in [4.78, 5) is 24.6. The first-order chi connectivity index (χ1) is 14.8. The molecular formula is C21H18F3N5OS. The number of hydrogen-bond acceptors (Lipinski definition) is 6. The van der Waals surface area contributed by atoms with E-state index in [9.17, 15) is 18.0 Å². The number of aromatic nitrogens is 3. The van der Waals surface area contributed by atoms with Crippen LogP contribution in [0.2, 0.25) is 0 Å². The lowest BCUT2D eigenvalue weighted by molar-refractivity contribution is -0.141. The number of allylic oxidation sites excluding steroid dienone is 1. The highest BCUT2D eigenvalue weighted by Gasteiger charge is 2.32. The molecule has 2 N–H and O–H groups in total. The molecule has 1 aliphatic rings. The molecule has 3 aromatic rings. The monoisotopic (exact) mass is 445 g/mol. The van der Waals surface area contributed by atoms with Gasteiger partial charge >= 0.3 is 6.18 Å². The topological polar surface area (TPSA) is 79.8 Å². The minimum atomic E-state index is -4.54. The van der Waals surface area contributed by atoms with Gasteiger partial charge in [-0.25, -0.2) is 15.0 Å². The molecule has 31 heavy (non-hydrogen) atoms. The summed E-state index contributed by atoms with van der Waals surface area (Å²) in [5.41, 5.74) is 2.23. The Morgan fingerprint density at radius 3 is 2.84 bits per heavy atom. The summed E-state index contributed by atoms with van der Waals surface area (Å²) in [6.45, 7) is 2.53. The van der Waals surface area contributed by atoms with Crippen molar-refractivity contribution in [1.82, 2.24) is 20.3 Å². The van der Waals surface area contributed by atoms with E-state index < -0.39 is 11.9 Å². The number of halogens is 3. The number of carbonyl (C=O) groups is 1. The molecule has 0 atom stereocenters. The number of alkyl halides is 3. The standard InChI is InChI=1S/C21H18F3N5OS/c1-12-7-14(16-11-27-19(31-16)13-3-2-5-25-18(30)10-13)9-15(8-12)28-20-26-6-4-17(29-20)21(22,23)24/h4,6-11H,2-3,5H2,1H3,(H,25,30)(H,26,28,29). The molecule has 4 rings (SSSR count). The number of carbonyl (C=O) groups excluding carboxylic acids is 1. The van der Waals surface area contributed by atoms with Crippen LogP contribution < -0.4 is 10.6 Å². The highest BCUT2D eigenvalue weighted by atomic mass is 32.1. The molecule has 1 aromatic carbocycles. The summed E-state index contributed by atoms with van der Waals surface area (Å²) in [7, 11) is 0. The molecule has 1 aliphatic heterocycles. The predicted octanol–water partition coefficient (Wildman–Crippen LogP) is 4.96. The molecule has 0 unspecified atom stereocenters. The Kier molecular flexibility index (Phi) is 5.73. The summed E-state index contributed by atoms with van der Waals surface area (Å²) in [5, 5.41) is 6.44. The van der Waals surface area contributed by atoms with E-state index in [1.807, 2.05) is 19.1 Å². The lowest BCUT2D eigenvalue weighted by Gasteiger charge is -2.10. The van der Waals surface area contributed by atoms with Crippen molar-refractivity contribution in [2.24, 2.45) is 0 Å². The van der Waals surface area contributed by atoms with Crippen LogP contribution >= 0.6 is 11.3 Å². The summed E-state index contributed by atoms with van der Waals surface area (Å²) >= 11 is 1.47. The molecule has 3 heterocycles. The number of anilines is 2. The Morgan fingerprint density at radius 2 is 2.03 bits per heavy atom. The summed E-state index contributed by atoms with van der Waals surface area (Å²) in [5.74, 6) is -0.252. The third kappa shape index (κ3) is 5.08. The van der Waals surface area contributed by atoms with E-state index in [-0.39, 0.29) is 11.9 Å². The fourth-order valence-electron chi connectivity index (χ4n) is 3.20. The zero-order valence-electron chi connectivity index (χ0n) is 16.5. The van der Waals surface area contributed by atoms with Crippen LogP contribution in [0.15, 0.2) is 42.7 Å². The van der Waals surface area contributed by atoms with Crippen molar-refractivity contribution >= 4 is 34.5 Å². The van der Waals surface area contributed by atoms with Gasteiger partial charge in [-0.2, -0.15) is 13.2 Å². The van der Waals surface area contributed by atoms with Gasteiger partial charge in [0.25, 0.3) is 0 Å². The third-order valence-electron chi connectivity index (χ3n) is 4.57. The Balaban J connectivity index is 1.61. The molecule has 0 aliphatic carbocycles. The quantitative estimate of drug-likeness (QED) is 0.593. The first kappa shape index (κ1) is 21.0. The van der Waals surface area contributed by atoms with Gasteiger partial charge in [-0.3, -0.25) is 4.79 Å². The number of benzene rings is 1. The van der Waals surface area contributed by atoms with Gasteiger partial charge in [0.15, 0.2) is 0 Å². The maximum absolute atomic E-state index is 12.9. The van der Waals surface area contributed by atoms with Gasteiger partial charge in [-0.05, 0) is 54.7 Å². The van der Waals surface area contributed by atoms with Crippen molar-refractivity contribution in [3.63, 3.8) is 0 Å². The normalized spacial score (nSPS) is 14.6. The summed E-state index contributed by atoms with van der Waals surface area (Å²) in [6, 6.07) is 6.40. The molecule has 0 fully saturated rings. The van der Waals surface area contributed by atoms with Crippen LogP contribution in [-0.2, 0) is 11.0 Å². The van der Waals surface area contributed by atoms with Crippen molar-refractivity contribution in [2.75, 3.05) is 11.9 Å². The van der Waals surface area contributed by atoms with E-state index >= 15 is 0 Å². The fourth-order valence-corrected chi connectivity index (χ4v) is 4.15. The van der Waals surface area contributed by atoms with Gasteiger partial charge in [0.05, 0.1) is 4.88 Å². The molecule has 0 saturated heterocycles. The van der Waals surface area contributed by atoms with Crippen LogP contribution in [0.25, 0.3) is 16.0 Å². The largest absolute Gasteiger partial charge is 0.433 e. The van der Waals surface area contributed by atoms with Crippen LogP contribution in [0, 0.1) is 6.92 Å². The summed E-state index contributed by atoms with van der Waals surface area (Å²) < 4.78 is 38.7. The van der Waals surface area contributed by atoms with Crippen LogP contribution in [-0.4, -0.2) is 27.4 Å². The summed E-state index contributed by atoms with van der Waals surface area (Å²) in [6.07, 6.45) is 1.47. The van der Waals surface area contributed by atoms with Gasteiger partial charge < -0.3 is 10.6 Å². The van der Waals surface area contributed by atoms with Crippen LogP contribution in [0.5, 0.6) is 0 Å². The molecule has 0 bridgehead atoms. The van der Waals surface area contributed by atoms with Gasteiger partial charge in [0.1, 0.15) is 10.7 Å². The lowest BCUT2D eigenvalue weighted by atomic mass is 10.1. The van der Waals surface area contributed by atoms with E-state index in [4.69, 9.17) is 0 Å². The van der Waals surface area contributed by atoms with Crippen molar-refractivity contribution in [1.29, 1.82) is 0 Å². The predicted molar refractivity (Wildman–Crippen MR) is 113 cm³/mol. The molecular weight excluding hydrogens is 427 g/mol. The Bertz CT molecular complexity index is 1160. The molecule has 0 radical (unpaired) electrons. The average Bonchev–Trinajstić information content (AvgIpc) is 3.10. The van der Waals surface area contributed by atoms with Crippen molar-refractivity contribution in [3.05, 3.63) is 59.0 Å². The van der Waals surface area contributed by atoms with E-state index in [1.54, 1.807) is 18.3 Å². The van der Waals surface area contributed by atoms with E-state index in [0.717, 1.165) is 51.7 Å². The van der Waals surface area contributed by atoms with Crippen LogP contribution in [0.4, 0.5) is 24.8 Å². The number of thiazole rings is 1. The molecule has 10 heteroatoms. The molecule has 6 nitrogen and oxygen atoms in total. The van der Waals surface area contributed by atoms with Gasteiger partial charge in [0, 0.05) is 30.7 Å². The zero-order chi connectivity index (χ0) is 22.0. The number of rotatable bonds is 4. The second-order valence-corrected chi connectivity index (χ2v) is 8.10. The Morgan fingerprint density at radius 1 is 1.19 bits per heavy atom. The van der Waals surface area contributed by atoms with Crippen molar-refractivity contribution in [2.45, 2.75) is 25.9 Å². The SMILES string of the molecule is Cc1cc(Nc2nccc(C(F)(F)F)n2)cc(-c2cnc(C3=CC(=O)NCCC3)s2)c1. The lowest BCUT2D eigenvalue weighted by Crippen LogP contribution is -2.20. The fraction of sp³-hybridized carbons (Fsp3) is 0.238. The zero-order valence-corrected chi connectivity index (χ0v) is 17.3. The second kappa shape index (κ2) is 8.46. The van der Waals surface area contributed by atoms with E-state index in [2.05, 4.69) is 25.6 Å². The number of amides is 1. The Labute approximate surface area is 180 Å². The third-order valence-corrected chi connectivity index (χ3v) is 5.69. The number of aryl methyl sites for hydroxylation is 1. The van der Waals surface area contributed by atoms with E-state index in [0.29, 0.717) is 12.2 Å². The van der Waals surface area contributed by atoms with Crippen LogP contribution in [0.3, 0.4) is 0 Å². The average molecular weight is 445 g/mol. The number of nitrogens with zero attached hydrogens (tertiary/aromatic N) is 3. The number of nitrogens with one attached hydrogen (secondary N) is 2. The van der Waals surface area contributed by atoms with Gasteiger partial charge in [0.2, 0.25) is 11.9 Å². The van der Waals surface area contributed by atoms with E-state index in [1.165, 1.54) is 11.3 Å². The van der Waals surface area contributed by atoms with Crippen molar-refractivity contribution < 1.29 is 18.0 Å². The van der Waals surface area contributed by atoms with Crippen LogP contribution in [0.1, 0.15) is 29.1 Å². The second-order valence-electron chi connectivity index (χ2n) is 7.07. The highest BCUT2D eigenvalue weighted by molar-refractivity contribution is 7.16. The number of hydrogen-bond donors (Lipinski definition) is 2. The minimum Gasteiger partial charge on any atom is -0.353 e. The molecule has 0 saturated carbocycles. The molecule has 2 aromatic heterocycles.